The van der Waals surface area contributed by atoms with Crippen LogP contribution in [0, 0.1) is 34.5 Å². The monoisotopic (exact) mass is 320 g/mol. The van der Waals surface area contributed by atoms with Crippen molar-refractivity contribution in [3.8, 4) is 0 Å². The molecule has 7 atom stereocenters. The lowest BCUT2D eigenvalue weighted by Gasteiger charge is -2.59. The summed E-state index contributed by atoms with van der Waals surface area (Å²) in [5.41, 5.74) is -1.24. The number of carbonyl (C=O) groups excluding carboxylic acids is 2. The van der Waals surface area contributed by atoms with Crippen molar-refractivity contribution in [2.45, 2.75) is 64.9 Å². The lowest BCUT2D eigenvalue weighted by atomic mass is 9.46. The summed E-state index contributed by atoms with van der Waals surface area (Å²) < 4.78 is 5.38. The number of fused-ring (bicyclic) bond motifs is 5. The Morgan fingerprint density at radius 1 is 1.13 bits per heavy atom. The molecule has 3 aliphatic carbocycles. The van der Waals surface area contributed by atoms with E-state index in [2.05, 4.69) is 13.8 Å². The predicted octanol–water partition coefficient (Wildman–Crippen LogP) is 2.72. The van der Waals surface area contributed by atoms with Gasteiger partial charge in [0, 0.05) is 29.6 Å². The number of cyclic esters (lactones) is 1. The summed E-state index contributed by atoms with van der Waals surface area (Å²) in [6.45, 7) is 6.59. The minimum absolute atomic E-state index is 0.00123. The molecule has 0 unspecified atom stereocenters. The van der Waals surface area contributed by atoms with E-state index in [-0.39, 0.29) is 28.6 Å². The number of aliphatic hydroxyl groups is 1. The fraction of sp³-hybridized carbons (Fsp3) is 0.895. The van der Waals surface area contributed by atoms with Crippen LogP contribution in [0.5, 0.6) is 0 Å². The van der Waals surface area contributed by atoms with Gasteiger partial charge in [-0.3, -0.25) is 9.59 Å². The average molecular weight is 320 g/mol. The van der Waals surface area contributed by atoms with Crippen molar-refractivity contribution in [1.82, 2.24) is 0 Å². The Hall–Kier alpha value is -0.900. The van der Waals surface area contributed by atoms with Gasteiger partial charge in [0.25, 0.3) is 0 Å². The Morgan fingerprint density at radius 2 is 1.87 bits per heavy atom. The van der Waals surface area contributed by atoms with E-state index in [4.69, 9.17) is 4.74 Å². The zero-order valence-electron chi connectivity index (χ0n) is 14.4. The largest absolute Gasteiger partial charge is 0.465 e. The van der Waals surface area contributed by atoms with E-state index < -0.39 is 5.60 Å². The van der Waals surface area contributed by atoms with Gasteiger partial charge in [-0.1, -0.05) is 13.8 Å². The minimum Gasteiger partial charge on any atom is -0.465 e. The zero-order valence-corrected chi connectivity index (χ0v) is 14.4. The molecule has 0 radical (unpaired) electrons. The van der Waals surface area contributed by atoms with Gasteiger partial charge < -0.3 is 9.84 Å². The molecule has 1 heterocycles. The molecule has 1 N–H and O–H groups in total. The maximum atomic E-state index is 13.2. The van der Waals surface area contributed by atoms with Crippen LogP contribution < -0.4 is 0 Å². The Balaban J connectivity index is 1.72. The highest BCUT2D eigenvalue weighted by Crippen LogP contribution is 2.66. The van der Waals surface area contributed by atoms with E-state index in [0.717, 1.165) is 25.7 Å². The first-order valence-corrected chi connectivity index (χ1v) is 9.10. The second kappa shape index (κ2) is 4.59. The first-order chi connectivity index (χ1) is 10.7. The van der Waals surface area contributed by atoms with Crippen LogP contribution in [0.3, 0.4) is 0 Å². The van der Waals surface area contributed by atoms with E-state index in [1.807, 2.05) is 6.92 Å². The highest BCUT2D eigenvalue weighted by Gasteiger charge is 2.66. The SMILES string of the molecule is C[C@]12COC(=O)C[C@@H]1CC[C@@H]1[C@@H]2C(=O)C[C@@]2(C)[C@H]1CC[C@]2(C)O. The molecule has 0 spiro atoms. The molecule has 0 amide bonds. The molecule has 0 aromatic heterocycles. The van der Waals surface area contributed by atoms with Gasteiger partial charge in [-0.15, -0.1) is 0 Å². The van der Waals surface area contributed by atoms with Gasteiger partial charge in [0.2, 0.25) is 0 Å². The Bertz CT molecular complexity index is 568. The second-order valence-corrected chi connectivity index (χ2v) is 9.27. The van der Waals surface area contributed by atoms with Crippen molar-refractivity contribution in [1.29, 1.82) is 0 Å². The third-order valence-corrected chi connectivity index (χ3v) is 8.27. The van der Waals surface area contributed by atoms with Crippen molar-refractivity contribution in [3.05, 3.63) is 0 Å². The molecule has 4 nitrogen and oxygen atoms in total. The maximum Gasteiger partial charge on any atom is 0.306 e. The van der Waals surface area contributed by atoms with Gasteiger partial charge in [-0.05, 0) is 50.4 Å². The number of esters is 1. The van der Waals surface area contributed by atoms with E-state index >= 15 is 0 Å². The summed E-state index contributed by atoms with van der Waals surface area (Å²) in [6, 6.07) is 0. The van der Waals surface area contributed by atoms with Crippen LogP contribution in [0.25, 0.3) is 0 Å². The van der Waals surface area contributed by atoms with E-state index in [9.17, 15) is 14.7 Å². The van der Waals surface area contributed by atoms with Gasteiger partial charge in [-0.25, -0.2) is 0 Å². The summed E-state index contributed by atoms with van der Waals surface area (Å²) in [4.78, 5) is 24.8. The zero-order chi connectivity index (χ0) is 16.6. The summed E-state index contributed by atoms with van der Waals surface area (Å²) in [7, 11) is 0. The van der Waals surface area contributed by atoms with E-state index in [1.54, 1.807) is 0 Å². The van der Waals surface area contributed by atoms with Gasteiger partial charge >= 0.3 is 5.97 Å². The summed E-state index contributed by atoms with van der Waals surface area (Å²) >= 11 is 0. The summed E-state index contributed by atoms with van der Waals surface area (Å²) in [6.07, 6.45) is 4.77. The summed E-state index contributed by atoms with van der Waals surface area (Å²) in [5.74, 6) is 1.22. The quantitative estimate of drug-likeness (QED) is 0.697. The third kappa shape index (κ3) is 1.87. The van der Waals surface area contributed by atoms with Crippen molar-refractivity contribution < 1.29 is 19.4 Å². The number of rotatable bonds is 0. The van der Waals surface area contributed by atoms with Crippen LogP contribution in [-0.4, -0.2) is 29.1 Å². The summed E-state index contributed by atoms with van der Waals surface area (Å²) in [5, 5.41) is 10.9. The fourth-order valence-corrected chi connectivity index (χ4v) is 6.63. The maximum absolute atomic E-state index is 13.2. The molecule has 4 fully saturated rings. The molecule has 0 aromatic rings. The first-order valence-electron chi connectivity index (χ1n) is 9.10. The van der Waals surface area contributed by atoms with Crippen LogP contribution >= 0.6 is 0 Å². The molecule has 128 valence electrons. The first kappa shape index (κ1) is 15.6. The number of hydrogen-bond donors (Lipinski definition) is 1. The lowest BCUT2D eigenvalue weighted by molar-refractivity contribution is -0.189. The third-order valence-electron chi connectivity index (χ3n) is 8.27. The van der Waals surface area contributed by atoms with Crippen LogP contribution in [0.4, 0.5) is 0 Å². The molecule has 1 aliphatic heterocycles. The van der Waals surface area contributed by atoms with Crippen LogP contribution in [0.2, 0.25) is 0 Å². The smallest absolute Gasteiger partial charge is 0.306 e. The van der Waals surface area contributed by atoms with E-state index in [1.165, 1.54) is 0 Å². The normalized spacial score (nSPS) is 55.7. The molecule has 0 aromatic carbocycles. The van der Waals surface area contributed by atoms with Crippen molar-refractivity contribution in [2.75, 3.05) is 6.61 Å². The average Bonchev–Trinajstić information content (AvgIpc) is 2.69. The number of ether oxygens (including phenoxy) is 1. The van der Waals surface area contributed by atoms with Gasteiger partial charge in [0.05, 0.1) is 12.2 Å². The van der Waals surface area contributed by atoms with Gasteiger partial charge in [0.15, 0.2) is 0 Å². The number of Topliss-reactive ketones (excluding diaryl/α,β-unsaturated/α-hetero) is 1. The number of hydrogen-bond acceptors (Lipinski definition) is 4. The topological polar surface area (TPSA) is 63.6 Å². The fourth-order valence-electron chi connectivity index (χ4n) is 6.63. The molecule has 4 aliphatic rings. The van der Waals surface area contributed by atoms with Crippen molar-refractivity contribution >= 4 is 11.8 Å². The molecular weight excluding hydrogens is 292 g/mol. The van der Waals surface area contributed by atoms with Gasteiger partial charge in [0.1, 0.15) is 5.78 Å². The lowest BCUT2D eigenvalue weighted by Crippen LogP contribution is -2.61. The molecular formula is C19H28O4. The Labute approximate surface area is 138 Å². The van der Waals surface area contributed by atoms with Crippen LogP contribution in [0.1, 0.15) is 59.3 Å². The Morgan fingerprint density at radius 3 is 2.61 bits per heavy atom. The second-order valence-electron chi connectivity index (χ2n) is 9.27. The Kier molecular flexibility index (Phi) is 3.12. The highest BCUT2D eigenvalue weighted by molar-refractivity contribution is 5.85. The van der Waals surface area contributed by atoms with Crippen molar-refractivity contribution in [2.24, 2.45) is 34.5 Å². The number of ketones is 1. The molecule has 4 rings (SSSR count). The predicted molar refractivity (Wildman–Crippen MR) is 84.5 cm³/mol. The standard InChI is InChI=1S/C19H28O4/c1-17-10-23-15(21)8-11(17)4-5-12-13-6-7-19(3,22)18(13,2)9-14(20)16(12)17/h11-13,16,22H,4-10H2,1-3H3/t11-,12-,13-,16+,17-,18-,19-/m0/s1. The van der Waals surface area contributed by atoms with Gasteiger partial charge in [-0.2, -0.15) is 0 Å². The molecule has 23 heavy (non-hydrogen) atoms. The molecule has 4 heteroatoms. The van der Waals surface area contributed by atoms with Crippen molar-refractivity contribution in [3.63, 3.8) is 0 Å². The number of carbonyl (C=O) groups is 2. The molecule has 1 saturated heterocycles. The highest BCUT2D eigenvalue weighted by atomic mass is 16.5. The minimum atomic E-state index is -0.741. The van der Waals surface area contributed by atoms with Crippen LogP contribution in [0.15, 0.2) is 0 Å². The van der Waals surface area contributed by atoms with E-state index in [0.29, 0.717) is 37.1 Å². The van der Waals surface area contributed by atoms with Crippen LogP contribution in [-0.2, 0) is 14.3 Å². The molecule has 0 bridgehead atoms. The molecule has 3 saturated carbocycles.